The van der Waals surface area contributed by atoms with Crippen LogP contribution in [0.3, 0.4) is 0 Å². The number of rotatable bonds is 8. The predicted molar refractivity (Wildman–Crippen MR) is 108 cm³/mol. The zero-order valence-electron chi connectivity index (χ0n) is 17.0. The summed E-state index contributed by atoms with van der Waals surface area (Å²) in [5.74, 6) is -0.948. The van der Waals surface area contributed by atoms with Crippen LogP contribution < -0.4 is 9.47 Å². The standard InChI is InChI=1S/C22H24N2O6/c1-28-18-10-9-17(19(14-18)29-2)15-23-12-13-24(22(27)21(23)26)30-20(25)11-8-16-6-4-3-5-7-16/h3-7,9-10,14H,8,11-13,15H2,1-2H3. The van der Waals surface area contributed by atoms with Crippen molar-refractivity contribution in [1.29, 1.82) is 0 Å². The van der Waals surface area contributed by atoms with Gasteiger partial charge in [0, 0.05) is 24.7 Å². The lowest BCUT2D eigenvalue weighted by Gasteiger charge is -2.32. The summed E-state index contributed by atoms with van der Waals surface area (Å²) >= 11 is 0. The Morgan fingerprint density at radius 2 is 1.73 bits per heavy atom. The normalized spacial score (nSPS) is 13.9. The van der Waals surface area contributed by atoms with Gasteiger partial charge in [0.1, 0.15) is 11.5 Å². The second-order valence-corrected chi connectivity index (χ2v) is 6.76. The lowest BCUT2D eigenvalue weighted by Crippen LogP contribution is -2.54. The van der Waals surface area contributed by atoms with Gasteiger partial charge >= 0.3 is 17.8 Å². The zero-order valence-corrected chi connectivity index (χ0v) is 17.0. The van der Waals surface area contributed by atoms with Gasteiger partial charge in [-0.3, -0.25) is 9.59 Å². The maximum atomic E-state index is 12.5. The summed E-state index contributed by atoms with van der Waals surface area (Å²) in [5.41, 5.74) is 1.74. The number of amides is 2. The highest BCUT2D eigenvalue weighted by Gasteiger charge is 2.35. The zero-order chi connectivity index (χ0) is 21.5. The molecule has 2 aromatic rings. The fourth-order valence-corrected chi connectivity index (χ4v) is 3.14. The number of ether oxygens (including phenoxy) is 2. The highest BCUT2D eigenvalue weighted by Crippen LogP contribution is 2.26. The fraction of sp³-hybridized carbons (Fsp3) is 0.318. The minimum atomic E-state index is -0.859. The first-order chi connectivity index (χ1) is 14.5. The van der Waals surface area contributed by atoms with Crippen molar-refractivity contribution in [2.24, 2.45) is 0 Å². The lowest BCUT2D eigenvalue weighted by atomic mass is 10.1. The number of benzene rings is 2. The molecule has 2 aromatic carbocycles. The van der Waals surface area contributed by atoms with Crippen molar-refractivity contribution in [2.75, 3.05) is 27.3 Å². The van der Waals surface area contributed by atoms with Gasteiger partial charge in [0.25, 0.3) is 0 Å². The third-order valence-electron chi connectivity index (χ3n) is 4.80. The number of piperazine rings is 1. The van der Waals surface area contributed by atoms with Crippen LogP contribution in [0.5, 0.6) is 11.5 Å². The van der Waals surface area contributed by atoms with E-state index in [0.29, 0.717) is 17.9 Å². The Balaban J connectivity index is 1.56. The molecular formula is C22H24N2O6. The quantitative estimate of drug-likeness (QED) is 0.617. The minimum absolute atomic E-state index is 0.111. The summed E-state index contributed by atoms with van der Waals surface area (Å²) in [6.07, 6.45) is 0.619. The van der Waals surface area contributed by atoms with E-state index in [1.807, 2.05) is 30.3 Å². The molecular weight excluding hydrogens is 388 g/mol. The molecule has 1 saturated heterocycles. The average Bonchev–Trinajstić information content (AvgIpc) is 2.78. The van der Waals surface area contributed by atoms with Crippen LogP contribution in [0, 0.1) is 0 Å². The summed E-state index contributed by atoms with van der Waals surface area (Å²) in [6, 6.07) is 14.8. The largest absolute Gasteiger partial charge is 0.497 e. The Bertz CT molecular complexity index is 915. The molecule has 0 radical (unpaired) electrons. The predicted octanol–water partition coefficient (Wildman–Crippen LogP) is 1.97. The van der Waals surface area contributed by atoms with Gasteiger partial charge in [-0.2, -0.15) is 5.06 Å². The summed E-state index contributed by atoms with van der Waals surface area (Å²) in [4.78, 5) is 43.5. The monoisotopic (exact) mass is 412 g/mol. The van der Waals surface area contributed by atoms with Gasteiger partial charge in [-0.25, -0.2) is 4.79 Å². The highest BCUT2D eigenvalue weighted by atomic mass is 16.7. The average molecular weight is 412 g/mol. The molecule has 2 amide bonds. The summed E-state index contributed by atoms with van der Waals surface area (Å²) in [5, 5.41) is 0.845. The second kappa shape index (κ2) is 9.78. The van der Waals surface area contributed by atoms with Crippen LogP contribution in [0.1, 0.15) is 17.5 Å². The maximum absolute atomic E-state index is 12.5. The minimum Gasteiger partial charge on any atom is -0.497 e. The SMILES string of the molecule is COc1ccc(CN2CCN(OC(=O)CCc3ccccc3)C(=O)C2=O)c(OC)c1. The van der Waals surface area contributed by atoms with Crippen LogP contribution in [-0.4, -0.2) is 55.1 Å². The molecule has 1 aliphatic rings. The second-order valence-electron chi connectivity index (χ2n) is 6.76. The van der Waals surface area contributed by atoms with Crippen molar-refractivity contribution in [1.82, 2.24) is 9.96 Å². The number of hydrogen-bond acceptors (Lipinski definition) is 6. The van der Waals surface area contributed by atoms with Crippen LogP contribution >= 0.6 is 0 Å². The smallest absolute Gasteiger partial charge is 0.344 e. The molecule has 30 heavy (non-hydrogen) atoms. The van der Waals surface area contributed by atoms with E-state index in [9.17, 15) is 14.4 Å². The molecule has 0 saturated carbocycles. The maximum Gasteiger partial charge on any atom is 0.344 e. The first-order valence-electron chi connectivity index (χ1n) is 9.58. The van der Waals surface area contributed by atoms with Crippen molar-refractivity contribution in [3.05, 3.63) is 59.7 Å². The molecule has 0 N–H and O–H groups in total. The van der Waals surface area contributed by atoms with E-state index in [2.05, 4.69) is 0 Å². The van der Waals surface area contributed by atoms with E-state index in [-0.39, 0.29) is 26.1 Å². The molecule has 0 unspecified atom stereocenters. The summed E-state index contributed by atoms with van der Waals surface area (Å²) in [6.45, 7) is 0.555. The van der Waals surface area contributed by atoms with Crippen LogP contribution in [0.25, 0.3) is 0 Å². The molecule has 1 aliphatic heterocycles. The highest BCUT2D eigenvalue weighted by molar-refractivity contribution is 6.35. The van der Waals surface area contributed by atoms with Gasteiger partial charge in [0.05, 0.1) is 27.2 Å². The van der Waals surface area contributed by atoms with Crippen LogP contribution in [-0.2, 0) is 32.2 Å². The number of aryl methyl sites for hydroxylation is 1. The molecule has 8 nitrogen and oxygen atoms in total. The molecule has 0 spiro atoms. The number of carbonyl (C=O) groups is 3. The van der Waals surface area contributed by atoms with Crippen molar-refractivity contribution in [3.8, 4) is 11.5 Å². The van der Waals surface area contributed by atoms with E-state index in [0.717, 1.165) is 16.2 Å². The summed E-state index contributed by atoms with van der Waals surface area (Å²) in [7, 11) is 3.08. The third-order valence-corrected chi connectivity index (χ3v) is 4.80. The molecule has 0 atom stereocenters. The molecule has 8 heteroatoms. The number of hydroxylamine groups is 2. The Morgan fingerprint density at radius 1 is 0.967 bits per heavy atom. The van der Waals surface area contributed by atoms with Crippen LogP contribution in [0.4, 0.5) is 0 Å². The van der Waals surface area contributed by atoms with Crippen molar-refractivity contribution in [3.63, 3.8) is 0 Å². The van der Waals surface area contributed by atoms with Gasteiger partial charge < -0.3 is 19.2 Å². The Morgan fingerprint density at radius 3 is 2.43 bits per heavy atom. The molecule has 1 heterocycles. The van der Waals surface area contributed by atoms with E-state index in [1.165, 1.54) is 12.0 Å². The molecule has 3 rings (SSSR count). The third kappa shape index (κ3) is 5.08. The van der Waals surface area contributed by atoms with Gasteiger partial charge in [0.15, 0.2) is 0 Å². The first-order valence-corrected chi connectivity index (χ1v) is 9.58. The number of methoxy groups -OCH3 is 2. The summed E-state index contributed by atoms with van der Waals surface area (Å²) < 4.78 is 10.5. The van der Waals surface area contributed by atoms with Crippen molar-refractivity contribution < 1.29 is 28.7 Å². The Kier molecular flexibility index (Phi) is 6.90. The fourth-order valence-electron chi connectivity index (χ4n) is 3.14. The first kappa shape index (κ1) is 21.2. The van der Waals surface area contributed by atoms with Crippen molar-refractivity contribution >= 4 is 17.8 Å². The van der Waals surface area contributed by atoms with E-state index in [4.69, 9.17) is 14.3 Å². The lowest BCUT2D eigenvalue weighted by molar-refractivity contribution is -0.205. The molecule has 158 valence electrons. The Hall–Kier alpha value is -3.55. The van der Waals surface area contributed by atoms with Gasteiger partial charge in [-0.05, 0) is 24.1 Å². The van der Waals surface area contributed by atoms with Gasteiger partial charge in [0.2, 0.25) is 0 Å². The van der Waals surface area contributed by atoms with Crippen molar-refractivity contribution in [2.45, 2.75) is 19.4 Å². The number of nitrogens with zero attached hydrogens (tertiary/aromatic N) is 2. The topological polar surface area (TPSA) is 85.4 Å². The van der Waals surface area contributed by atoms with E-state index in [1.54, 1.807) is 25.3 Å². The van der Waals surface area contributed by atoms with Gasteiger partial charge in [-0.15, -0.1) is 0 Å². The molecule has 1 fully saturated rings. The van der Waals surface area contributed by atoms with Crippen LogP contribution in [0.15, 0.2) is 48.5 Å². The van der Waals surface area contributed by atoms with Crippen LogP contribution in [0.2, 0.25) is 0 Å². The molecule has 0 aromatic heterocycles. The van der Waals surface area contributed by atoms with E-state index >= 15 is 0 Å². The van der Waals surface area contributed by atoms with Gasteiger partial charge in [-0.1, -0.05) is 30.3 Å². The number of hydrogen-bond donors (Lipinski definition) is 0. The Labute approximate surface area is 174 Å². The number of carbonyl (C=O) groups excluding carboxylic acids is 3. The molecule has 0 aliphatic carbocycles. The molecule has 0 bridgehead atoms. The van der Waals surface area contributed by atoms with E-state index < -0.39 is 17.8 Å².